The number of likely N-dealkylation sites (tertiary alicyclic amines) is 1. The van der Waals surface area contributed by atoms with Crippen molar-refractivity contribution in [2.45, 2.75) is 19.3 Å². The van der Waals surface area contributed by atoms with E-state index in [0.29, 0.717) is 12.5 Å². The summed E-state index contributed by atoms with van der Waals surface area (Å²) in [5.41, 5.74) is 5.63. The van der Waals surface area contributed by atoms with Crippen LogP contribution in [0.15, 0.2) is 17.5 Å². The molecule has 96 valence electrons. The van der Waals surface area contributed by atoms with Crippen LogP contribution in [-0.2, 0) is 4.79 Å². The SMILES string of the molecule is CC(C(=O)N1CCC(CN)C1)c1cccs1.Cl. The number of hydrogen-bond donors (Lipinski definition) is 1. The number of carbonyl (C=O) groups is 1. The quantitative estimate of drug-likeness (QED) is 0.917. The van der Waals surface area contributed by atoms with Crippen LogP contribution in [0.3, 0.4) is 0 Å². The molecule has 1 aliphatic rings. The van der Waals surface area contributed by atoms with Crippen LogP contribution in [0.5, 0.6) is 0 Å². The minimum Gasteiger partial charge on any atom is -0.342 e. The molecular weight excluding hydrogens is 256 g/mol. The average molecular weight is 275 g/mol. The topological polar surface area (TPSA) is 46.3 Å². The summed E-state index contributed by atoms with van der Waals surface area (Å²) in [4.78, 5) is 15.3. The van der Waals surface area contributed by atoms with Crippen LogP contribution >= 0.6 is 23.7 Å². The Morgan fingerprint density at radius 2 is 2.47 bits per heavy atom. The normalized spacial score (nSPS) is 21.1. The Kier molecular flexibility index (Phi) is 5.43. The van der Waals surface area contributed by atoms with Crippen molar-refractivity contribution in [1.29, 1.82) is 0 Å². The smallest absolute Gasteiger partial charge is 0.230 e. The Morgan fingerprint density at radius 3 is 3.00 bits per heavy atom. The van der Waals surface area contributed by atoms with Gasteiger partial charge in [-0.3, -0.25) is 4.79 Å². The highest BCUT2D eigenvalue weighted by Crippen LogP contribution is 2.25. The molecule has 0 spiro atoms. The fourth-order valence-electron chi connectivity index (χ4n) is 2.16. The zero-order valence-corrected chi connectivity index (χ0v) is 11.6. The van der Waals surface area contributed by atoms with E-state index in [1.165, 1.54) is 0 Å². The Bertz CT molecular complexity index is 355. The van der Waals surface area contributed by atoms with Gasteiger partial charge in [-0.15, -0.1) is 23.7 Å². The molecule has 1 aromatic rings. The third-order valence-electron chi connectivity index (χ3n) is 3.27. The van der Waals surface area contributed by atoms with Gasteiger partial charge in [0.05, 0.1) is 5.92 Å². The minimum absolute atomic E-state index is 0. The Labute approximate surface area is 112 Å². The van der Waals surface area contributed by atoms with Gasteiger partial charge >= 0.3 is 0 Å². The Hall–Kier alpha value is -0.580. The molecule has 1 aliphatic heterocycles. The maximum Gasteiger partial charge on any atom is 0.230 e. The highest BCUT2D eigenvalue weighted by molar-refractivity contribution is 7.10. The maximum atomic E-state index is 12.2. The van der Waals surface area contributed by atoms with Crippen molar-refractivity contribution in [3.63, 3.8) is 0 Å². The van der Waals surface area contributed by atoms with Crippen LogP contribution in [0.25, 0.3) is 0 Å². The molecule has 2 rings (SSSR count). The first-order valence-electron chi connectivity index (χ1n) is 5.74. The summed E-state index contributed by atoms with van der Waals surface area (Å²) in [6.45, 7) is 4.39. The van der Waals surface area contributed by atoms with Gasteiger partial charge in [-0.05, 0) is 37.3 Å². The molecule has 2 N–H and O–H groups in total. The molecule has 17 heavy (non-hydrogen) atoms. The lowest BCUT2D eigenvalue weighted by Gasteiger charge is -2.20. The fraction of sp³-hybridized carbons (Fsp3) is 0.583. The first kappa shape index (κ1) is 14.5. The largest absolute Gasteiger partial charge is 0.342 e. The lowest BCUT2D eigenvalue weighted by Crippen LogP contribution is -2.32. The summed E-state index contributed by atoms with van der Waals surface area (Å²) in [6.07, 6.45) is 1.05. The van der Waals surface area contributed by atoms with Gasteiger partial charge < -0.3 is 10.6 Å². The molecule has 1 saturated heterocycles. The zero-order valence-electron chi connectivity index (χ0n) is 9.96. The average Bonchev–Trinajstić information content (AvgIpc) is 2.97. The van der Waals surface area contributed by atoms with Crippen molar-refractivity contribution in [1.82, 2.24) is 4.90 Å². The number of thiophene rings is 1. The summed E-state index contributed by atoms with van der Waals surface area (Å²) >= 11 is 1.65. The van der Waals surface area contributed by atoms with Gasteiger partial charge in [0, 0.05) is 18.0 Å². The van der Waals surface area contributed by atoms with E-state index >= 15 is 0 Å². The van der Waals surface area contributed by atoms with Crippen LogP contribution in [0.1, 0.15) is 24.1 Å². The lowest BCUT2D eigenvalue weighted by atomic mass is 10.1. The molecule has 3 nitrogen and oxygen atoms in total. The standard InChI is InChI=1S/C12H18N2OS.ClH/c1-9(11-3-2-6-16-11)12(15)14-5-4-10(7-13)8-14;/h2-3,6,9-10H,4-5,7-8,13H2,1H3;1H. The van der Waals surface area contributed by atoms with Gasteiger partial charge in [-0.1, -0.05) is 6.07 Å². The molecule has 0 aliphatic carbocycles. The fourth-order valence-corrected chi connectivity index (χ4v) is 2.93. The highest BCUT2D eigenvalue weighted by Gasteiger charge is 2.29. The van der Waals surface area contributed by atoms with Crippen molar-refractivity contribution >= 4 is 29.7 Å². The van der Waals surface area contributed by atoms with Crippen LogP contribution in [-0.4, -0.2) is 30.4 Å². The van der Waals surface area contributed by atoms with E-state index in [-0.39, 0.29) is 24.2 Å². The van der Waals surface area contributed by atoms with Crippen LogP contribution in [0, 0.1) is 5.92 Å². The van der Waals surface area contributed by atoms with Gasteiger partial charge in [-0.25, -0.2) is 0 Å². The van der Waals surface area contributed by atoms with E-state index in [9.17, 15) is 4.79 Å². The molecule has 0 aromatic carbocycles. The van der Waals surface area contributed by atoms with E-state index in [2.05, 4.69) is 0 Å². The molecule has 0 saturated carbocycles. The third kappa shape index (κ3) is 3.21. The molecule has 2 atom stereocenters. The maximum absolute atomic E-state index is 12.2. The van der Waals surface area contributed by atoms with E-state index in [4.69, 9.17) is 5.73 Å². The second-order valence-electron chi connectivity index (χ2n) is 4.41. The lowest BCUT2D eigenvalue weighted by molar-refractivity contribution is -0.131. The van der Waals surface area contributed by atoms with E-state index in [1.807, 2.05) is 29.3 Å². The minimum atomic E-state index is -0.00322. The van der Waals surface area contributed by atoms with Crippen molar-refractivity contribution in [2.75, 3.05) is 19.6 Å². The van der Waals surface area contributed by atoms with Gasteiger partial charge in [-0.2, -0.15) is 0 Å². The van der Waals surface area contributed by atoms with E-state index in [0.717, 1.165) is 24.4 Å². The molecular formula is C12H19ClN2OS. The predicted molar refractivity (Wildman–Crippen MR) is 73.7 cm³/mol. The number of halogens is 1. The number of nitrogens with zero attached hydrogens (tertiary/aromatic N) is 1. The van der Waals surface area contributed by atoms with Crippen molar-refractivity contribution in [2.24, 2.45) is 11.7 Å². The zero-order chi connectivity index (χ0) is 11.5. The predicted octanol–water partition coefficient (Wildman–Crippen LogP) is 2.08. The molecule has 2 heterocycles. The molecule has 0 bridgehead atoms. The molecule has 1 fully saturated rings. The van der Waals surface area contributed by atoms with Crippen LogP contribution < -0.4 is 5.73 Å². The number of hydrogen-bond acceptors (Lipinski definition) is 3. The molecule has 0 radical (unpaired) electrons. The second-order valence-corrected chi connectivity index (χ2v) is 5.39. The van der Waals surface area contributed by atoms with Crippen LogP contribution in [0.4, 0.5) is 0 Å². The van der Waals surface area contributed by atoms with Crippen molar-refractivity contribution in [3.8, 4) is 0 Å². The van der Waals surface area contributed by atoms with Gasteiger partial charge in [0.1, 0.15) is 0 Å². The summed E-state index contributed by atoms with van der Waals surface area (Å²) in [5, 5.41) is 2.02. The summed E-state index contributed by atoms with van der Waals surface area (Å²) in [7, 11) is 0. The summed E-state index contributed by atoms with van der Waals surface area (Å²) in [6, 6.07) is 4.03. The Balaban J connectivity index is 0.00000144. The number of amides is 1. The van der Waals surface area contributed by atoms with Gasteiger partial charge in [0.15, 0.2) is 0 Å². The molecule has 1 aromatic heterocycles. The van der Waals surface area contributed by atoms with E-state index < -0.39 is 0 Å². The number of carbonyl (C=O) groups excluding carboxylic acids is 1. The van der Waals surface area contributed by atoms with Gasteiger partial charge in [0.2, 0.25) is 5.91 Å². The van der Waals surface area contributed by atoms with E-state index in [1.54, 1.807) is 11.3 Å². The molecule has 5 heteroatoms. The Morgan fingerprint density at radius 1 is 1.71 bits per heavy atom. The second kappa shape index (κ2) is 6.38. The molecule has 2 unspecified atom stereocenters. The van der Waals surface area contributed by atoms with Crippen LogP contribution in [0.2, 0.25) is 0 Å². The summed E-state index contributed by atoms with van der Waals surface area (Å²) in [5.74, 6) is 0.745. The summed E-state index contributed by atoms with van der Waals surface area (Å²) < 4.78 is 0. The first-order chi connectivity index (χ1) is 7.72. The highest BCUT2D eigenvalue weighted by atomic mass is 35.5. The van der Waals surface area contributed by atoms with Gasteiger partial charge in [0.25, 0.3) is 0 Å². The first-order valence-corrected chi connectivity index (χ1v) is 6.62. The van der Waals surface area contributed by atoms with Crippen molar-refractivity contribution < 1.29 is 4.79 Å². The molecule has 1 amide bonds. The third-order valence-corrected chi connectivity index (χ3v) is 4.33. The monoisotopic (exact) mass is 274 g/mol. The number of rotatable bonds is 3. The number of nitrogens with two attached hydrogens (primary N) is 1. The van der Waals surface area contributed by atoms with Crippen molar-refractivity contribution in [3.05, 3.63) is 22.4 Å².